The van der Waals surface area contributed by atoms with Crippen molar-refractivity contribution in [3.63, 3.8) is 0 Å². The van der Waals surface area contributed by atoms with Crippen LogP contribution in [0.15, 0.2) is 34.8 Å². The molecule has 0 aliphatic heterocycles. The Morgan fingerprint density at radius 2 is 1.90 bits per heavy atom. The minimum absolute atomic E-state index is 0.311. The van der Waals surface area contributed by atoms with Crippen LogP contribution in [0.3, 0.4) is 0 Å². The molecule has 2 aromatic carbocycles. The minimum atomic E-state index is -0.629. The molecule has 112 valence electrons. The Hall–Kier alpha value is -0.480. The summed E-state index contributed by atoms with van der Waals surface area (Å²) in [7, 11) is 0. The van der Waals surface area contributed by atoms with Crippen molar-refractivity contribution in [3.8, 4) is 5.75 Å². The van der Waals surface area contributed by atoms with Crippen LogP contribution in [0.4, 0.5) is 4.39 Å². The predicted molar refractivity (Wildman–Crippen MR) is 89.4 cm³/mol. The molecule has 0 fully saturated rings. The molecular formula is C15H11BrCl3FO. The molecule has 2 rings (SSSR count). The lowest BCUT2D eigenvalue weighted by atomic mass is 10.0. The van der Waals surface area contributed by atoms with E-state index in [-0.39, 0.29) is 5.82 Å². The summed E-state index contributed by atoms with van der Waals surface area (Å²) in [6, 6.07) is 7.93. The molecule has 0 aliphatic carbocycles. The molecule has 0 aliphatic rings. The van der Waals surface area contributed by atoms with E-state index in [1.165, 1.54) is 6.07 Å². The largest absolute Gasteiger partial charge is 0.492 e. The molecule has 0 spiro atoms. The van der Waals surface area contributed by atoms with E-state index in [9.17, 15) is 4.39 Å². The van der Waals surface area contributed by atoms with Gasteiger partial charge >= 0.3 is 0 Å². The van der Waals surface area contributed by atoms with Crippen LogP contribution in [0.1, 0.15) is 23.4 Å². The fourth-order valence-electron chi connectivity index (χ4n) is 1.89. The zero-order valence-corrected chi connectivity index (χ0v) is 14.8. The van der Waals surface area contributed by atoms with Gasteiger partial charge in [-0.05, 0) is 46.1 Å². The van der Waals surface area contributed by atoms with Crippen LogP contribution < -0.4 is 4.74 Å². The second-order valence-electron chi connectivity index (χ2n) is 4.24. The highest BCUT2D eigenvalue weighted by atomic mass is 79.9. The van der Waals surface area contributed by atoms with Gasteiger partial charge in [-0.25, -0.2) is 4.39 Å². The topological polar surface area (TPSA) is 9.23 Å². The molecule has 0 heterocycles. The molecule has 0 N–H and O–H groups in total. The van der Waals surface area contributed by atoms with Crippen LogP contribution in [-0.4, -0.2) is 6.61 Å². The second kappa shape index (κ2) is 7.19. The van der Waals surface area contributed by atoms with Crippen LogP contribution in [0.5, 0.6) is 5.75 Å². The third-order valence-electron chi connectivity index (χ3n) is 2.88. The number of halogens is 5. The van der Waals surface area contributed by atoms with Crippen LogP contribution in [0.25, 0.3) is 0 Å². The first-order valence-corrected chi connectivity index (χ1v) is 8.14. The highest BCUT2D eigenvalue weighted by Crippen LogP contribution is 2.41. The third-order valence-corrected chi connectivity index (χ3v) is 4.81. The van der Waals surface area contributed by atoms with Crippen molar-refractivity contribution in [2.75, 3.05) is 6.61 Å². The molecule has 0 saturated heterocycles. The first-order valence-electron chi connectivity index (χ1n) is 6.15. The number of alkyl halides is 1. The Labute approximate surface area is 146 Å². The number of hydrogen-bond acceptors (Lipinski definition) is 1. The maximum atomic E-state index is 13.6. The lowest BCUT2D eigenvalue weighted by Gasteiger charge is -2.16. The number of benzene rings is 2. The molecule has 1 atom stereocenters. The third kappa shape index (κ3) is 3.65. The molecule has 2 aromatic rings. The Morgan fingerprint density at radius 1 is 1.19 bits per heavy atom. The molecule has 0 radical (unpaired) electrons. The summed E-state index contributed by atoms with van der Waals surface area (Å²) in [4.78, 5) is 0. The Morgan fingerprint density at radius 3 is 2.57 bits per heavy atom. The summed E-state index contributed by atoms with van der Waals surface area (Å²) in [6.07, 6.45) is 0. The van der Waals surface area contributed by atoms with E-state index < -0.39 is 5.38 Å². The van der Waals surface area contributed by atoms with Crippen molar-refractivity contribution < 1.29 is 9.13 Å². The number of ether oxygens (including phenoxy) is 1. The maximum absolute atomic E-state index is 13.6. The quantitative estimate of drug-likeness (QED) is 0.513. The van der Waals surface area contributed by atoms with Gasteiger partial charge in [-0.3, -0.25) is 0 Å². The van der Waals surface area contributed by atoms with Gasteiger partial charge in [0.2, 0.25) is 0 Å². The fraction of sp³-hybridized carbons (Fsp3) is 0.200. The van der Waals surface area contributed by atoms with Crippen LogP contribution in [0, 0.1) is 5.82 Å². The van der Waals surface area contributed by atoms with E-state index in [1.54, 1.807) is 24.3 Å². The average molecular weight is 413 g/mol. The molecule has 0 amide bonds. The number of rotatable bonds is 4. The van der Waals surface area contributed by atoms with E-state index in [0.29, 0.717) is 38.0 Å². The minimum Gasteiger partial charge on any atom is -0.492 e. The Kier molecular flexibility index (Phi) is 5.78. The van der Waals surface area contributed by atoms with E-state index in [0.717, 1.165) is 0 Å². The molecule has 0 aromatic heterocycles. The highest BCUT2D eigenvalue weighted by molar-refractivity contribution is 9.10. The zero-order valence-electron chi connectivity index (χ0n) is 11.0. The van der Waals surface area contributed by atoms with Crippen LogP contribution in [-0.2, 0) is 0 Å². The fourth-order valence-corrected chi connectivity index (χ4v) is 3.42. The molecular weight excluding hydrogens is 401 g/mol. The summed E-state index contributed by atoms with van der Waals surface area (Å²) >= 11 is 22.0. The van der Waals surface area contributed by atoms with Gasteiger partial charge in [0, 0.05) is 11.1 Å². The zero-order chi connectivity index (χ0) is 15.6. The van der Waals surface area contributed by atoms with E-state index in [2.05, 4.69) is 15.9 Å². The second-order valence-corrected chi connectivity index (χ2v) is 6.29. The van der Waals surface area contributed by atoms with Crippen molar-refractivity contribution >= 4 is 50.7 Å². The molecule has 6 heteroatoms. The van der Waals surface area contributed by atoms with Crippen molar-refractivity contribution in [1.82, 2.24) is 0 Å². The molecule has 1 nitrogen and oxygen atoms in total. The lowest BCUT2D eigenvalue weighted by Crippen LogP contribution is -1.99. The van der Waals surface area contributed by atoms with Gasteiger partial charge in [-0.2, -0.15) is 0 Å². The first kappa shape index (κ1) is 16.9. The SMILES string of the molecule is CCOc1cc(Cl)c(C(Cl)c2cccc(F)c2Br)cc1Cl. The lowest BCUT2D eigenvalue weighted by molar-refractivity contribution is 0.340. The molecule has 21 heavy (non-hydrogen) atoms. The van der Waals surface area contributed by atoms with Crippen molar-refractivity contribution in [2.45, 2.75) is 12.3 Å². The molecule has 0 saturated carbocycles. The van der Waals surface area contributed by atoms with Crippen molar-refractivity contribution in [2.24, 2.45) is 0 Å². The Balaban J connectivity index is 2.46. The molecule has 1 unspecified atom stereocenters. The summed E-state index contributed by atoms with van der Waals surface area (Å²) in [5.41, 5.74) is 1.18. The van der Waals surface area contributed by atoms with Gasteiger partial charge in [-0.1, -0.05) is 35.3 Å². The standard InChI is InChI=1S/C15H11BrCl3FO/c1-2-21-13-7-10(17)9(6-11(13)18)15(19)8-4-3-5-12(20)14(8)16/h3-7,15H,2H2,1H3. The van der Waals surface area contributed by atoms with E-state index in [1.807, 2.05) is 6.92 Å². The van der Waals surface area contributed by atoms with Gasteiger partial charge in [0.15, 0.2) is 0 Å². The van der Waals surface area contributed by atoms with E-state index in [4.69, 9.17) is 39.5 Å². The van der Waals surface area contributed by atoms with Crippen molar-refractivity contribution in [3.05, 3.63) is 61.8 Å². The summed E-state index contributed by atoms with van der Waals surface area (Å²) in [6.45, 7) is 2.33. The van der Waals surface area contributed by atoms with E-state index >= 15 is 0 Å². The van der Waals surface area contributed by atoms with Crippen LogP contribution >= 0.6 is 50.7 Å². The van der Waals surface area contributed by atoms with Gasteiger partial charge in [-0.15, -0.1) is 11.6 Å². The Bertz CT molecular complexity index is 664. The highest BCUT2D eigenvalue weighted by Gasteiger charge is 2.20. The predicted octanol–water partition coefficient (Wildman–Crippen LogP) is 6.62. The smallest absolute Gasteiger partial charge is 0.139 e. The summed E-state index contributed by atoms with van der Waals surface area (Å²) in [5.74, 6) is 0.112. The van der Waals surface area contributed by atoms with Gasteiger partial charge in [0.1, 0.15) is 11.6 Å². The van der Waals surface area contributed by atoms with Gasteiger partial charge < -0.3 is 4.74 Å². The average Bonchev–Trinajstić information content (AvgIpc) is 2.45. The summed E-state index contributed by atoms with van der Waals surface area (Å²) < 4.78 is 19.3. The van der Waals surface area contributed by atoms with Crippen LogP contribution in [0.2, 0.25) is 10.0 Å². The monoisotopic (exact) mass is 410 g/mol. The normalized spacial score (nSPS) is 12.3. The molecule has 0 bridgehead atoms. The van der Waals surface area contributed by atoms with Gasteiger partial charge in [0.25, 0.3) is 0 Å². The maximum Gasteiger partial charge on any atom is 0.139 e. The van der Waals surface area contributed by atoms with Gasteiger partial charge in [0.05, 0.1) is 21.5 Å². The number of hydrogen-bond donors (Lipinski definition) is 0. The first-order chi connectivity index (χ1) is 9.95. The van der Waals surface area contributed by atoms with Crippen molar-refractivity contribution in [1.29, 1.82) is 0 Å². The summed E-state index contributed by atoms with van der Waals surface area (Å²) in [5, 5.41) is 0.198.